The molecule has 2 nitrogen and oxygen atoms in total. The first-order valence-electron chi connectivity index (χ1n) is 8.10. The van der Waals surface area contributed by atoms with Crippen LogP contribution in [-0.4, -0.2) is 13.2 Å². The van der Waals surface area contributed by atoms with Gasteiger partial charge in [-0.05, 0) is 37.2 Å². The maximum atomic E-state index is 5.52. The Kier molecular flexibility index (Phi) is 5.47. The van der Waals surface area contributed by atoms with Crippen molar-refractivity contribution in [2.45, 2.75) is 58.5 Å². The Morgan fingerprint density at radius 2 is 2.00 bits per heavy atom. The van der Waals surface area contributed by atoms with E-state index in [9.17, 15) is 0 Å². The standard InChI is InChI=1S/C18H29NO/c1-5-14-11-12-17(13(14)3)19-16(6-2)15-9-7-8-10-18(15)20-4/h7-10,13-14,16-17,19H,5-6,11-12H2,1-4H3. The highest BCUT2D eigenvalue weighted by atomic mass is 16.5. The lowest BCUT2D eigenvalue weighted by Crippen LogP contribution is -2.35. The molecule has 0 saturated heterocycles. The minimum Gasteiger partial charge on any atom is -0.496 e. The molecule has 112 valence electrons. The molecule has 0 radical (unpaired) electrons. The van der Waals surface area contributed by atoms with Gasteiger partial charge in [0.25, 0.3) is 0 Å². The molecule has 1 aliphatic carbocycles. The highest BCUT2D eigenvalue weighted by Gasteiger charge is 2.32. The molecule has 2 heteroatoms. The van der Waals surface area contributed by atoms with Gasteiger partial charge in [0.2, 0.25) is 0 Å². The Bertz CT molecular complexity index is 418. The van der Waals surface area contributed by atoms with Gasteiger partial charge < -0.3 is 10.1 Å². The molecule has 4 atom stereocenters. The summed E-state index contributed by atoms with van der Waals surface area (Å²) in [7, 11) is 1.76. The van der Waals surface area contributed by atoms with E-state index in [0.29, 0.717) is 12.1 Å². The summed E-state index contributed by atoms with van der Waals surface area (Å²) >= 11 is 0. The minimum atomic E-state index is 0.397. The van der Waals surface area contributed by atoms with Crippen molar-refractivity contribution in [2.24, 2.45) is 11.8 Å². The second-order valence-electron chi connectivity index (χ2n) is 6.08. The minimum absolute atomic E-state index is 0.397. The number of ether oxygens (including phenoxy) is 1. The summed E-state index contributed by atoms with van der Waals surface area (Å²) in [5.41, 5.74) is 1.30. The van der Waals surface area contributed by atoms with Crippen molar-refractivity contribution in [3.63, 3.8) is 0 Å². The van der Waals surface area contributed by atoms with Gasteiger partial charge in [0.15, 0.2) is 0 Å². The topological polar surface area (TPSA) is 21.3 Å². The Hall–Kier alpha value is -1.02. The molecule has 1 aromatic rings. The molecule has 4 unspecified atom stereocenters. The Labute approximate surface area is 123 Å². The van der Waals surface area contributed by atoms with Gasteiger partial charge in [-0.2, -0.15) is 0 Å². The van der Waals surface area contributed by atoms with Gasteiger partial charge >= 0.3 is 0 Å². The zero-order valence-corrected chi connectivity index (χ0v) is 13.4. The molecule has 1 fully saturated rings. The van der Waals surface area contributed by atoms with E-state index in [4.69, 9.17) is 4.74 Å². The largest absolute Gasteiger partial charge is 0.496 e. The van der Waals surface area contributed by atoms with Crippen molar-refractivity contribution in [1.29, 1.82) is 0 Å². The van der Waals surface area contributed by atoms with E-state index in [1.807, 2.05) is 6.07 Å². The Balaban J connectivity index is 2.10. The molecule has 0 bridgehead atoms. The molecule has 1 aliphatic rings. The van der Waals surface area contributed by atoms with Gasteiger partial charge in [-0.3, -0.25) is 0 Å². The number of benzene rings is 1. The SMILES string of the molecule is CCC(NC1CCC(CC)C1C)c1ccccc1OC. The first-order chi connectivity index (χ1) is 9.71. The fourth-order valence-electron chi connectivity index (χ4n) is 3.70. The van der Waals surface area contributed by atoms with E-state index < -0.39 is 0 Å². The number of methoxy groups -OCH3 is 1. The third-order valence-corrected chi connectivity index (χ3v) is 5.09. The van der Waals surface area contributed by atoms with Gasteiger partial charge in [0.1, 0.15) is 5.75 Å². The van der Waals surface area contributed by atoms with Gasteiger partial charge in [0, 0.05) is 17.6 Å². The first-order valence-corrected chi connectivity index (χ1v) is 8.10. The summed E-state index contributed by atoms with van der Waals surface area (Å²) in [6.07, 6.45) is 5.09. The lowest BCUT2D eigenvalue weighted by atomic mass is 9.92. The van der Waals surface area contributed by atoms with Crippen LogP contribution in [0.15, 0.2) is 24.3 Å². The van der Waals surface area contributed by atoms with Gasteiger partial charge in [-0.1, -0.05) is 45.4 Å². The molecule has 1 N–H and O–H groups in total. The van der Waals surface area contributed by atoms with Crippen LogP contribution >= 0.6 is 0 Å². The van der Waals surface area contributed by atoms with Gasteiger partial charge in [-0.25, -0.2) is 0 Å². The molecule has 0 amide bonds. The van der Waals surface area contributed by atoms with Crippen molar-refractivity contribution in [3.05, 3.63) is 29.8 Å². The smallest absolute Gasteiger partial charge is 0.123 e. The fourth-order valence-corrected chi connectivity index (χ4v) is 3.70. The number of hydrogen-bond donors (Lipinski definition) is 1. The maximum absolute atomic E-state index is 5.52. The highest BCUT2D eigenvalue weighted by Crippen LogP contribution is 2.36. The molecular formula is C18H29NO. The quantitative estimate of drug-likeness (QED) is 0.821. The lowest BCUT2D eigenvalue weighted by Gasteiger charge is -2.27. The van der Waals surface area contributed by atoms with Crippen molar-refractivity contribution >= 4 is 0 Å². The van der Waals surface area contributed by atoms with Crippen molar-refractivity contribution < 1.29 is 4.74 Å². The second kappa shape index (κ2) is 7.12. The van der Waals surface area contributed by atoms with Crippen LogP contribution in [0.5, 0.6) is 5.75 Å². The van der Waals surface area contributed by atoms with Gasteiger partial charge in [0.05, 0.1) is 7.11 Å². The van der Waals surface area contributed by atoms with Crippen LogP contribution in [0, 0.1) is 11.8 Å². The fraction of sp³-hybridized carbons (Fsp3) is 0.667. The monoisotopic (exact) mass is 275 g/mol. The van der Waals surface area contributed by atoms with E-state index in [2.05, 4.69) is 44.3 Å². The molecule has 0 heterocycles. The maximum Gasteiger partial charge on any atom is 0.123 e. The van der Waals surface area contributed by atoms with E-state index >= 15 is 0 Å². The summed E-state index contributed by atoms with van der Waals surface area (Å²) in [5, 5.41) is 3.89. The van der Waals surface area contributed by atoms with Crippen LogP contribution in [0.3, 0.4) is 0 Å². The van der Waals surface area contributed by atoms with Gasteiger partial charge in [-0.15, -0.1) is 0 Å². The number of para-hydroxylation sites is 1. The molecule has 0 aromatic heterocycles. The predicted molar refractivity (Wildman–Crippen MR) is 85.1 cm³/mol. The van der Waals surface area contributed by atoms with Crippen LogP contribution < -0.4 is 10.1 Å². The first kappa shape index (κ1) is 15.4. The summed E-state index contributed by atoms with van der Waals surface area (Å²) in [6, 6.07) is 9.45. The number of nitrogens with one attached hydrogen (secondary N) is 1. The summed E-state index contributed by atoms with van der Waals surface area (Å²) in [4.78, 5) is 0. The summed E-state index contributed by atoms with van der Waals surface area (Å²) in [5.74, 6) is 2.68. The highest BCUT2D eigenvalue weighted by molar-refractivity contribution is 5.35. The summed E-state index contributed by atoms with van der Waals surface area (Å²) < 4.78 is 5.52. The molecule has 0 spiro atoms. The Morgan fingerprint density at radius 1 is 1.25 bits per heavy atom. The second-order valence-corrected chi connectivity index (χ2v) is 6.08. The van der Waals surface area contributed by atoms with Crippen LogP contribution in [0.1, 0.15) is 58.1 Å². The van der Waals surface area contributed by atoms with Crippen LogP contribution in [-0.2, 0) is 0 Å². The molecule has 2 rings (SSSR count). The van der Waals surface area contributed by atoms with Crippen molar-refractivity contribution in [2.75, 3.05) is 7.11 Å². The zero-order chi connectivity index (χ0) is 14.5. The van der Waals surface area contributed by atoms with Crippen molar-refractivity contribution in [3.8, 4) is 5.75 Å². The summed E-state index contributed by atoms with van der Waals surface area (Å²) in [6.45, 7) is 6.98. The zero-order valence-electron chi connectivity index (χ0n) is 13.4. The molecule has 1 saturated carbocycles. The molecule has 20 heavy (non-hydrogen) atoms. The third-order valence-electron chi connectivity index (χ3n) is 5.09. The molecule has 0 aliphatic heterocycles. The lowest BCUT2D eigenvalue weighted by molar-refractivity contribution is 0.313. The predicted octanol–water partition coefficient (Wildman–Crippen LogP) is 4.56. The van der Waals surface area contributed by atoms with Crippen LogP contribution in [0.25, 0.3) is 0 Å². The van der Waals surface area contributed by atoms with E-state index in [1.165, 1.54) is 24.8 Å². The number of rotatable bonds is 6. The molecular weight excluding hydrogens is 246 g/mol. The average molecular weight is 275 g/mol. The normalized spacial score (nSPS) is 27.5. The van der Waals surface area contributed by atoms with Crippen LogP contribution in [0.2, 0.25) is 0 Å². The average Bonchev–Trinajstić information content (AvgIpc) is 2.85. The van der Waals surface area contributed by atoms with E-state index in [1.54, 1.807) is 7.11 Å². The van der Waals surface area contributed by atoms with E-state index in [0.717, 1.165) is 24.0 Å². The number of hydrogen-bond acceptors (Lipinski definition) is 2. The van der Waals surface area contributed by atoms with E-state index in [-0.39, 0.29) is 0 Å². The third kappa shape index (κ3) is 3.17. The molecule has 1 aromatic carbocycles. The Morgan fingerprint density at radius 3 is 2.60 bits per heavy atom. The van der Waals surface area contributed by atoms with Crippen LogP contribution in [0.4, 0.5) is 0 Å². The van der Waals surface area contributed by atoms with Crippen molar-refractivity contribution in [1.82, 2.24) is 5.32 Å².